The van der Waals surface area contributed by atoms with Crippen LogP contribution in [0.4, 0.5) is 0 Å². The average Bonchev–Trinajstić information content (AvgIpc) is 2.73. The molecule has 0 saturated carbocycles. The molecule has 2 atom stereocenters. The van der Waals surface area contributed by atoms with Crippen LogP contribution >= 0.6 is 0 Å². The van der Waals surface area contributed by atoms with E-state index in [4.69, 9.17) is 9.47 Å². The molecule has 1 saturated heterocycles. The van der Waals surface area contributed by atoms with Gasteiger partial charge in [0.1, 0.15) is 13.2 Å². The number of nitrogens with one attached hydrogen (secondary N) is 1. The molecule has 1 fully saturated rings. The molecule has 0 radical (unpaired) electrons. The number of nitrogens with zero attached hydrogens (tertiary/aromatic N) is 1. The first-order valence-corrected chi connectivity index (χ1v) is 9.81. The molecule has 2 aromatic rings. The molecule has 2 aliphatic rings. The van der Waals surface area contributed by atoms with Crippen LogP contribution in [0.2, 0.25) is 0 Å². The molecular formula is C22H28N2O3. The lowest BCUT2D eigenvalue weighted by atomic mass is 9.92. The van der Waals surface area contributed by atoms with Gasteiger partial charge >= 0.3 is 0 Å². The van der Waals surface area contributed by atoms with E-state index in [0.717, 1.165) is 44.1 Å². The summed E-state index contributed by atoms with van der Waals surface area (Å²) in [6, 6.07) is 17.0. The highest BCUT2D eigenvalue weighted by Crippen LogP contribution is 2.31. The standard InChI is InChI=1S/C22H28N2O3/c25-16-19-15-24(14-17-4-2-1-3-5-17)9-8-20(19)23-13-18-6-7-21-22(12-18)27-11-10-26-21/h1-7,12,19-20,23,25H,8-11,13-16H2/t19-,20+/m0/s1. The van der Waals surface area contributed by atoms with Crippen LogP contribution in [0, 0.1) is 5.92 Å². The Kier molecular flexibility index (Phi) is 5.92. The van der Waals surface area contributed by atoms with Crippen LogP contribution in [0.15, 0.2) is 48.5 Å². The van der Waals surface area contributed by atoms with Crippen LogP contribution < -0.4 is 14.8 Å². The SMILES string of the molecule is OC[C@@H]1CN(Cc2ccccc2)CC[C@H]1NCc1ccc2c(c1)OCCO2. The van der Waals surface area contributed by atoms with Crippen molar-refractivity contribution < 1.29 is 14.6 Å². The Morgan fingerprint density at radius 1 is 1.00 bits per heavy atom. The van der Waals surface area contributed by atoms with Gasteiger partial charge in [-0.15, -0.1) is 0 Å². The largest absolute Gasteiger partial charge is 0.486 e. The predicted molar refractivity (Wildman–Crippen MR) is 105 cm³/mol. The number of ether oxygens (including phenoxy) is 2. The van der Waals surface area contributed by atoms with Crippen molar-refractivity contribution in [2.24, 2.45) is 5.92 Å². The third-order valence-corrected chi connectivity index (χ3v) is 5.48. The second kappa shape index (κ2) is 8.74. The molecule has 2 N–H and O–H groups in total. The smallest absolute Gasteiger partial charge is 0.161 e. The number of hydrogen-bond donors (Lipinski definition) is 2. The molecule has 5 heteroatoms. The van der Waals surface area contributed by atoms with Gasteiger partial charge in [0, 0.05) is 38.2 Å². The monoisotopic (exact) mass is 368 g/mol. The number of hydrogen-bond acceptors (Lipinski definition) is 5. The van der Waals surface area contributed by atoms with E-state index in [9.17, 15) is 5.11 Å². The molecule has 0 amide bonds. The number of piperidine rings is 1. The maximum Gasteiger partial charge on any atom is 0.161 e. The second-order valence-corrected chi connectivity index (χ2v) is 7.42. The van der Waals surface area contributed by atoms with E-state index in [1.807, 2.05) is 12.1 Å². The molecule has 0 spiro atoms. The van der Waals surface area contributed by atoms with Crippen LogP contribution in [-0.4, -0.2) is 49.0 Å². The van der Waals surface area contributed by atoms with Gasteiger partial charge < -0.3 is 19.9 Å². The van der Waals surface area contributed by atoms with Gasteiger partial charge in [-0.1, -0.05) is 36.4 Å². The molecule has 0 aromatic heterocycles. The van der Waals surface area contributed by atoms with Crippen molar-refractivity contribution >= 4 is 0 Å². The van der Waals surface area contributed by atoms with Gasteiger partial charge in [-0.05, 0) is 36.2 Å². The van der Waals surface area contributed by atoms with Crippen LogP contribution in [-0.2, 0) is 13.1 Å². The summed E-state index contributed by atoms with van der Waals surface area (Å²) in [4.78, 5) is 2.44. The highest BCUT2D eigenvalue weighted by Gasteiger charge is 2.28. The summed E-state index contributed by atoms with van der Waals surface area (Å²) in [6.07, 6.45) is 1.04. The Morgan fingerprint density at radius 3 is 2.63 bits per heavy atom. The average molecular weight is 368 g/mol. The van der Waals surface area contributed by atoms with E-state index in [1.54, 1.807) is 0 Å². The fourth-order valence-electron chi connectivity index (χ4n) is 3.99. The van der Waals surface area contributed by atoms with Gasteiger partial charge in [-0.25, -0.2) is 0 Å². The minimum atomic E-state index is 0.212. The lowest BCUT2D eigenvalue weighted by Gasteiger charge is -2.38. The number of benzene rings is 2. The lowest BCUT2D eigenvalue weighted by molar-refractivity contribution is 0.0849. The second-order valence-electron chi connectivity index (χ2n) is 7.42. The number of likely N-dealkylation sites (tertiary alicyclic amines) is 1. The Morgan fingerprint density at radius 2 is 1.81 bits per heavy atom. The van der Waals surface area contributed by atoms with Crippen LogP contribution in [0.5, 0.6) is 11.5 Å². The van der Waals surface area contributed by atoms with E-state index < -0.39 is 0 Å². The summed E-state index contributed by atoms with van der Waals surface area (Å²) >= 11 is 0. The van der Waals surface area contributed by atoms with Gasteiger partial charge in [-0.2, -0.15) is 0 Å². The van der Waals surface area contributed by atoms with Crippen LogP contribution in [0.1, 0.15) is 17.5 Å². The first-order chi connectivity index (χ1) is 13.3. The molecular weight excluding hydrogens is 340 g/mol. The van der Waals surface area contributed by atoms with Crippen molar-refractivity contribution in [1.82, 2.24) is 10.2 Å². The van der Waals surface area contributed by atoms with E-state index in [-0.39, 0.29) is 12.5 Å². The van der Waals surface area contributed by atoms with Gasteiger partial charge in [0.15, 0.2) is 11.5 Å². The molecule has 2 aliphatic heterocycles. The van der Waals surface area contributed by atoms with Crippen molar-refractivity contribution in [2.75, 3.05) is 32.9 Å². The Hall–Kier alpha value is -2.08. The fourth-order valence-corrected chi connectivity index (χ4v) is 3.99. The molecule has 4 rings (SSSR count). The summed E-state index contributed by atoms with van der Waals surface area (Å²) < 4.78 is 11.3. The molecule has 0 bridgehead atoms. The summed E-state index contributed by atoms with van der Waals surface area (Å²) in [5.41, 5.74) is 2.51. The Labute approximate surface area is 160 Å². The highest BCUT2D eigenvalue weighted by molar-refractivity contribution is 5.43. The number of aliphatic hydroxyl groups is 1. The number of fused-ring (bicyclic) bond motifs is 1. The zero-order chi connectivity index (χ0) is 18.5. The molecule has 5 nitrogen and oxygen atoms in total. The zero-order valence-corrected chi connectivity index (χ0v) is 15.6. The van der Waals surface area contributed by atoms with Crippen molar-refractivity contribution in [2.45, 2.75) is 25.6 Å². The van der Waals surface area contributed by atoms with Crippen molar-refractivity contribution in [1.29, 1.82) is 0 Å². The van der Waals surface area contributed by atoms with E-state index >= 15 is 0 Å². The molecule has 144 valence electrons. The van der Waals surface area contributed by atoms with E-state index in [0.29, 0.717) is 19.3 Å². The van der Waals surface area contributed by atoms with Crippen molar-refractivity contribution in [3.63, 3.8) is 0 Å². The Bertz CT molecular complexity index is 738. The van der Waals surface area contributed by atoms with E-state index in [1.165, 1.54) is 11.1 Å². The van der Waals surface area contributed by atoms with Gasteiger partial charge in [-0.3, -0.25) is 4.90 Å². The fraction of sp³-hybridized carbons (Fsp3) is 0.455. The quantitative estimate of drug-likeness (QED) is 0.820. The van der Waals surface area contributed by atoms with Gasteiger partial charge in [0.05, 0.1) is 0 Å². The topological polar surface area (TPSA) is 54.0 Å². The first-order valence-electron chi connectivity index (χ1n) is 9.81. The van der Waals surface area contributed by atoms with Crippen molar-refractivity contribution in [3.8, 4) is 11.5 Å². The Balaban J connectivity index is 1.31. The van der Waals surface area contributed by atoms with Crippen molar-refractivity contribution in [3.05, 3.63) is 59.7 Å². The maximum absolute atomic E-state index is 9.90. The molecule has 0 aliphatic carbocycles. The highest BCUT2D eigenvalue weighted by atomic mass is 16.6. The van der Waals surface area contributed by atoms with E-state index in [2.05, 4.69) is 46.6 Å². The molecule has 2 heterocycles. The third-order valence-electron chi connectivity index (χ3n) is 5.48. The third kappa shape index (κ3) is 4.61. The number of rotatable bonds is 6. The van der Waals surface area contributed by atoms with Crippen LogP contribution in [0.25, 0.3) is 0 Å². The van der Waals surface area contributed by atoms with Gasteiger partial charge in [0.2, 0.25) is 0 Å². The first kappa shape index (κ1) is 18.3. The maximum atomic E-state index is 9.90. The molecule has 27 heavy (non-hydrogen) atoms. The summed E-state index contributed by atoms with van der Waals surface area (Å²) in [7, 11) is 0. The molecule has 2 aromatic carbocycles. The minimum Gasteiger partial charge on any atom is -0.486 e. The van der Waals surface area contributed by atoms with Crippen LogP contribution in [0.3, 0.4) is 0 Å². The lowest BCUT2D eigenvalue weighted by Crippen LogP contribution is -2.50. The van der Waals surface area contributed by atoms with Gasteiger partial charge in [0.25, 0.3) is 0 Å². The molecule has 0 unspecified atom stereocenters. The number of aliphatic hydroxyl groups excluding tert-OH is 1. The zero-order valence-electron chi connectivity index (χ0n) is 15.6. The summed E-state index contributed by atoms with van der Waals surface area (Å²) in [5.74, 6) is 1.91. The summed E-state index contributed by atoms with van der Waals surface area (Å²) in [5, 5.41) is 13.5. The predicted octanol–water partition coefficient (Wildman–Crippen LogP) is 2.43. The summed E-state index contributed by atoms with van der Waals surface area (Å²) in [6.45, 7) is 5.13. The normalized spacial score (nSPS) is 22.6. The minimum absolute atomic E-state index is 0.212.